The van der Waals surface area contributed by atoms with Gasteiger partial charge in [-0.15, -0.1) is 0 Å². The molecule has 0 aromatic heterocycles. The Morgan fingerprint density at radius 2 is 1.95 bits per heavy atom. The number of hydrogen-bond donors (Lipinski definition) is 1. The monoisotopic (exact) mass is 262 g/mol. The van der Waals surface area contributed by atoms with Gasteiger partial charge in [0.15, 0.2) is 0 Å². The summed E-state index contributed by atoms with van der Waals surface area (Å²) >= 11 is 0. The Kier molecular flexibility index (Phi) is 4.83. The van der Waals surface area contributed by atoms with E-state index in [1.54, 1.807) is 7.11 Å². The van der Waals surface area contributed by atoms with Crippen LogP contribution in [-0.4, -0.2) is 32.1 Å². The molecule has 3 nitrogen and oxygen atoms in total. The van der Waals surface area contributed by atoms with E-state index in [2.05, 4.69) is 42.3 Å². The van der Waals surface area contributed by atoms with Gasteiger partial charge in [-0.1, -0.05) is 19.9 Å². The molecule has 1 aromatic carbocycles. The summed E-state index contributed by atoms with van der Waals surface area (Å²) in [6, 6.07) is 6.49. The first-order valence-electron chi connectivity index (χ1n) is 7.16. The number of hydrogen-bond acceptors (Lipinski definition) is 3. The third-order valence-electron chi connectivity index (χ3n) is 4.18. The Hall–Kier alpha value is -1.06. The number of ether oxygens (including phenoxy) is 1. The van der Waals surface area contributed by atoms with Crippen LogP contribution in [0, 0.1) is 11.8 Å². The summed E-state index contributed by atoms with van der Waals surface area (Å²) in [5.41, 5.74) is 2.62. The summed E-state index contributed by atoms with van der Waals surface area (Å²) in [5, 5.41) is 3.20. The average molecular weight is 262 g/mol. The van der Waals surface area contributed by atoms with E-state index >= 15 is 0 Å². The lowest BCUT2D eigenvalue weighted by atomic mass is 10.0. The molecule has 1 N–H and O–H groups in total. The fourth-order valence-corrected chi connectivity index (χ4v) is 2.89. The highest BCUT2D eigenvalue weighted by molar-refractivity contribution is 5.37. The highest BCUT2D eigenvalue weighted by Gasteiger charge is 2.26. The zero-order valence-electron chi connectivity index (χ0n) is 12.6. The van der Waals surface area contributed by atoms with Gasteiger partial charge in [-0.25, -0.2) is 0 Å². The molecule has 1 fully saturated rings. The van der Waals surface area contributed by atoms with Crippen LogP contribution in [0.5, 0.6) is 5.75 Å². The van der Waals surface area contributed by atoms with Crippen LogP contribution < -0.4 is 10.1 Å². The second-order valence-corrected chi connectivity index (χ2v) is 5.83. The van der Waals surface area contributed by atoms with Crippen molar-refractivity contribution in [1.82, 2.24) is 10.2 Å². The van der Waals surface area contributed by atoms with Crippen molar-refractivity contribution in [3.63, 3.8) is 0 Å². The number of methoxy groups -OCH3 is 1. The van der Waals surface area contributed by atoms with E-state index in [4.69, 9.17) is 4.74 Å². The minimum atomic E-state index is 0.798. The van der Waals surface area contributed by atoms with E-state index in [1.165, 1.54) is 24.2 Å². The SMILES string of the molecule is CNCc1ccc(OC)c(CN2CC(C)C(C)C2)c1. The minimum Gasteiger partial charge on any atom is -0.496 e. The molecule has 2 rings (SSSR count). The molecule has 2 unspecified atom stereocenters. The fraction of sp³-hybridized carbons (Fsp3) is 0.625. The van der Waals surface area contributed by atoms with Crippen molar-refractivity contribution < 1.29 is 4.74 Å². The zero-order chi connectivity index (χ0) is 13.8. The summed E-state index contributed by atoms with van der Waals surface area (Å²) in [7, 11) is 3.74. The Morgan fingerprint density at radius 1 is 1.26 bits per heavy atom. The van der Waals surface area contributed by atoms with E-state index in [0.29, 0.717) is 0 Å². The third-order valence-corrected chi connectivity index (χ3v) is 4.18. The predicted molar refractivity (Wildman–Crippen MR) is 79.4 cm³/mol. The van der Waals surface area contributed by atoms with Crippen LogP contribution in [0.15, 0.2) is 18.2 Å². The van der Waals surface area contributed by atoms with Crippen LogP contribution in [0.2, 0.25) is 0 Å². The molecule has 106 valence electrons. The highest BCUT2D eigenvalue weighted by Crippen LogP contribution is 2.27. The van der Waals surface area contributed by atoms with Gasteiger partial charge in [0.1, 0.15) is 5.75 Å². The molecule has 1 heterocycles. The second-order valence-electron chi connectivity index (χ2n) is 5.83. The van der Waals surface area contributed by atoms with Crippen LogP contribution in [0.1, 0.15) is 25.0 Å². The van der Waals surface area contributed by atoms with Crippen LogP contribution in [0.25, 0.3) is 0 Å². The van der Waals surface area contributed by atoms with E-state index in [-0.39, 0.29) is 0 Å². The molecule has 3 heteroatoms. The van der Waals surface area contributed by atoms with Crippen LogP contribution in [0.4, 0.5) is 0 Å². The summed E-state index contributed by atoms with van der Waals surface area (Å²) in [4.78, 5) is 2.54. The molecular formula is C16H26N2O. The van der Waals surface area contributed by atoms with Crippen molar-refractivity contribution >= 4 is 0 Å². The van der Waals surface area contributed by atoms with E-state index in [1.807, 2.05) is 7.05 Å². The first-order chi connectivity index (χ1) is 9.13. The molecule has 0 bridgehead atoms. The van der Waals surface area contributed by atoms with Gasteiger partial charge < -0.3 is 10.1 Å². The van der Waals surface area contributed by atoms with Gasteiger partial charge in [0.2, 0.25) is 0 Å². The van der Waals surface area contributed by atoms with Gasteiger partial charge >= 0.3 is 0 Å². The van der Waals surface area contributed by atoms with Crippen molar-refractivity contribution in [2.75, 3.05) is 27.2 Å². The molecule has 1 aliphatic rings. The number of nitrogens with one attached hydrogen (secondary N) is 1. The largest absolute Gasteiger partial charge is 0.496 e. The molecule has 0 spiro atoms. The van der Waals surface area contributed by atoms with E-state index in [0.717, 1.165) is 30.7 Å². The third kappa shape index (κ3) is 3.48. The first-order valence-corrected chi connectivity index (χ1v) is 7.16. The molecule has 2 atom stereocenters. The summed E-state index contributed by atoms with van der Waals surface area (Å²) < 4.78 is 5.50. The van der Waals surface area contributed by atoms with Crippen molar-refractivity contribution in [2.24, 2.45) is 11.8 Å². The van der Waals surface area contributed by atoms with E-state index in [9.17, 15) is 0 Å². The number of nitrogens with zero attached hydrogens (tertiary/aromatic N) is 1. The summed E-state index contributed by atoms with van der Waals surface area (Å²) in [6.45, 7) is 8.99. The molecule has 1 aromatic rings. The molecule has 19 heavy (non-hydrogen) atoms. The summed E-state index contributed by atoms with van der Waals surface area (Å²) in [6.07, 6.45) is 0. The van der Waals surface area contributed by atoms with Gasteiger partial charge in [-0.2, -0.15) is 0 Å². The topological polar surface area (TPSA) is 24.5 Å². The quantitative estimate of drug-likeness (QED) is 0.882. The first kappa shape index (κ1) is 14.4. The van der Waals surface area contributed by atoms with Crippen LogP contribution in [0.3, 0.4) is 0 Å². The highest BCUT2D eigenvalue weighted by atomic mass is 16.5. The Balaban J connectivity index is 2.11. The maximum atomic E-state index is 5.50. The van der Waals surface area contributed by atoms with Gasteiger partial charge in [-0.3, -0.25) is 4.90 Å². The second kappa shape index (κ2) is 6.40. The zero-order valence-corrected chi connectivity index (χ0v) is 12.6. The van der Waals surface area contributed by atoms with Crippen molar-refractivity contribution in [3.05, 3.63) is 29.3 Å². The van der Waals surface area contributed by atoms with Gasteiger partial charge in [0, 0.05) is 31.7 Å². The molecule has 0 amide bonds. The standard InChI is InChI=1S/C16H26N2O/c1-12-9-18(10-13(12)2)11-15-7-14(8-17-3)5-6-16(15)19-4/h5-7,12-13,17H,8-11H2,1-4H3. The molecule has 1 aliphatic heterocycles. The van der Waals surface area contributed by atoms with Crippen molar-refractivity contribution in [2.45, 2.75) is 26.9 Å². The lowest BCUT2D eigenvalue weighted by Gasteiger charge is -2.18. The Morgan fingerprint density at radius 3 is 2.53 bits per heavy atom. The molecule has 0 saturated carbocycles. The predicted octanol–water partition coefficient (Wildman–Crippen LogP) is 2.50. The smallest absolute Gasteiger partial charge is 0.123 e. The molecule has 0 radical (unpaired) electrons. The molecule has 0 aliphatic carbocycles. The Labute approximate surface area is 116 Å². The molecular weight excluding hydrogens is 236 g/mol. The Bertz CT molecular complexity index is 409. The number of rotatable bonds is 5. The number of likely N-dealkylation sites (tertiary alicyclic amines) is 1. The van der Waals surface area contributed by atoms with Gasteiger partial charge in [0.05, 0.1) is 7.11 Å². The van der Waals surface area contributed by atoms with Crippen molar-refractivity contribution in [1.29, 1.82) is 0 Å². The van der Waals surface area contributed by atoms with Crippen molar-refractivity contribution in [3.8, 4) is 5.75 Å². The maximum Gasteiger partial charge on any atom is 0.123 e. The lowest BCUT2D eigenvalue weighted by Crippen LogP contribution is -2.20. The average Bonchev–Trinajstić information content (AvgIpc) is 2.69. The fourth-order valence-electron chi connectivity index (χ4n) is 2.89. The normalized spacial score (nSPS) is 23.8. The van der Waals surface area contributed by atoms with Crippen LogP contribution >= 0.6 is 0 Å². The lowest BCUT2D eigenvalue weighted by molar-refractivity contribution is 0.307. The number of benzene rings is 1. The van der Waals surface area contributed by atoms with Crippen LogP contribution in [-0.2, 0) is 13.1 Å². The van der Waals surface area contributed by atoms with Gasteiger partial charge in [-0.05, 0) is 36.6 Å². The van der Waals surface area contributed by atoms with E-state index < -0.39 is 0 Å². The molecule has 1 saturated heterocycles. The minimum absolute atomic E-state index is 0.798. The maximum absolute atomic E-state index is 5.50. The summed E-state index contributed by atoms with van der Waals surface area (Å²) in [5.74, 6) is 2.60. The van der Waals surface area contributed by atoms with Gasteiger partial charge in [0.25, 0.3) is 0 Å².